The molecule has 0 bridgehead atoms. The Hall–Kier alpha value is -1.98. The van der Waals surface area contributed by atoms with E-state index in [9.17, 15) is 45.9 Å². The van der Waals surface area contributed by atoms with Crippen molar-refractivity contribution in [2.45, 2.75) is 61.4 Å². The summed E-state index contributed by atoms with van der Waals surface area (Å²) in [5.41, 5.74) is -0.191. The number of nitrogens with zero attached hydrogens (tertiary/aromatic N) is 1. The van der Waals surface area contributed by atoms with Crippen LogP contribution in [0.5, 0.6) is 5.75 Å². The normalized spacial score (nSPS) is 40.1. The predicted octanol–water partition coefficient (Wildman–Crippen LogP) is -3.40. The van der Waals surface area contributed by atoms with E-state index in [1.54, 1.807) is 0 Å². The molecule has 180 valence electrons. The maximum absolute atomic E-state index is 10.7. The van der Waals surface area contributed by atoms with Crippen molar-refractivity contribution in [1.29, 1.82) is 0 Å². The highest BCUT2D eigenvalue weighted by Crippen LogP contribution is 2.27. The molecule has 32 heavy (non-hydrogen) atoms. The van der Waals surface area contributed by atoms with Gasteiger partial charge in [0.05, 0.1) is 18.1 Å². The molecule has 0 amide bonds. The van der Waals surface area contributed by atoms with Crippen LogP contribution in [0.3, 0.4) is 0 Å². The second-order valence-electron chi connectivity index (χ2n) is 7.41. The van der Waals surface area contributed by atoms with Gasteiger partial charge in [0, 0.05) is 12.1 Å². The van der Waals surface area contributed by atoms with Crippen LogP contribution in [-0.2, 0) is 14.2 Å². The highest BCUT2D eigenvalue weighted by Gasteiger charge is 2.47. The lowest BCUT2D eigenvalue weighted by atomic mass is 9.98. The molecule has 1 aromatic carbocycles. The summed E-state index contributed by atoms with van der Waals surface area (Å²) >= 11 is 0. The van der Waals surface area contributed by atoms with Crippen molar-refractivity contribution in [3.05, 3.63) is 34.4 Å². The lowest BCUT2D eigenvalue weighted by Crippen LogP contribution is -2.62. The minimum absolute atomic E-state index is 0.0804. The van der Waals surface area contributed by atoms with Gasteiger partial charge < -0.3 is 54.7 Å². The Labute approximate surface area is 180 Å². The number of ether oxygens (including phenoxy) is 4. The van der Waals surface area contributed by atoms with Crippen molar-refractivity contribution in [3.63, 3.8) is 0 Å². The fourth-order valence-corrected chi connectivity index (χ4v) is 3.33. The van der Waals surface area contributed by atoms with Crippen LogP contribution < -0.4 is 4.74 Å². The summed E-state index contributed by atoms with van der Waals surface area (Å²) in [4.78, 5) is 10.1. The molecular formula is C18H25NO13. The number of benzene rings is 1. The van der Waals surface area contributed by atoms with E-state index in [0.717, 1.165) is 12.1 Å². The molecule has 0 radical (unpaired) electrons. The monoisotopic (exact) mass is 463 g/mol. The van der Waals surface area contributed by atoms with E-state index in [2.05, 4.69) is 0 Å². The first-order valence-corrected chi connectivity index (χ1v) is 9.67. The maximum atomic E-state index is 10.7. The minimum atomic E-state index is -1.71. The van der Waals surface area contributed by atoms with E-state index >= 15 is 0 Å². The third-order valence-electron chi connectivity index (χ3n) is 5.24. The molecule has 1 aromatic rings. The fraction of sp³-hybridized carbons (Fsp3) is 0.667. The van der Waals surface area contributed by atoms with E-state index in [-0.39, 0.29) is 11.4 Å². The van der Waals surface area contributed by atoms with Crippen molar-refractivity contribution in [1.82, 2.24) is 0 Å². The number of rotatable bonds is 7. The Kier molecular flexibility index (Phi) is 7.94. The van der Waals surface area contributed by atoms with Crippen molar-refractivity contribution in [2.24, 2.45) is 0 Å². The van der Waals surface area contributed by atoms with Crippen LogP contribution in [0.1, 0.15) is 0 Å². The first-order valence-electron chi connectivity index (χ1n) is 9.67. The Morgan fingerprint density at radius 2 is 1.34 bits per heavy atom. The minimum Gasteiger partial charge on any atom is -0.462 e. The molecule has 3 rings (SSSR count). The number of hydrogen-bond acceptors (Lipinski definition) is 13. The summed E-state index contributed by atoms with van der Waals surface area (Å²) in [7, 11) is 0. The first-order chi connectivity index (χ1) is 15.1. The smallest absolute Gasteiger partial charge is 0.269 e. The Morgan fingerprint density at radius 1 is 0.812 bits per heavy atom. The molecular weight excluding hydrogens is 438 g/mol. The van der Waals surface area contributed by atoms with E-state index in [1.807, 2.05) is 0 Å². The van der Waals surface area contributed by atoms with Crippen LogP contribution >= 0.6 is 0 Å². The SMILES string of the molecule is O=[N+]([O-])c1ccc(OC2O[C@H](CO[C@@H]3O[C@H](CO)[C@@H](O)[C@H](O)[C@H]3O)[C@@H](O)[C@H](O)[C@H]2O)cc1. The van der Waals surface area contributed by atoms with Crippen molar-refractivity contribution in [2.75, 3.05) is 13.2 Å². The van der Waals surface area contributed by atoms with Crippen LogP contribution in [0.4, 0.5) is 5.69 Å². The van der Waals surface area contributed by atoms with Gasteiger partial charge in [0.1, 0.15) is 54.6 Å². The third kappa shape index (κ3) is 5.15. The molecule has 2 aliphatic rings. The molecule has 10 atom stereocenters. The number of hydrogen-bond donors (Lipinski definition) is 7. The first kappa shape index (κ1) is 24.7. The highest BCUT2D eigenvalue weighted by molar-refractivity contribution is 5.36. The fourth-order valence-electron chi connectivity index (χ4n) is 3.33. The van der Waals surface area contributed by atoms with Gasteiger partial charge in [-0.05, 0) is 12.1 Å². The van der Waals surface area contributed by atoms with Crippen molar-refractivity contribution >= 4 is 5.69 Å². The maximum Gasteiger partial charge on any atom is 0.269 e. The molecule has 0 aliphatic carbocycles. The molecule has 1 unspecified atom stereocenters. The number of aliphatic hydroxyl groups excluding tert-OH is 7. The Morgan fingerprint density at radius 3 is 1.91 bits per heavy atom. The summed E-state index contributed by atoms with van der Waals surface area (Å²) in [5, 5.41) is 80.1. The summed E-state index contributed by atoms with van der Waals surface area (Å²) in [6, 6.07) is 4.83. The van der Waals surface area contributed by atoms with E-state index in [1.165, 1.54) is 12.1 Å². The quantitative estimate of drug-likeness (QED) is 0.155. The highest BCUT2D eigenvalue weighted by atomic mass is 16.7. The van der Waals surface area contributed by atoms with Gasteiger partial charge in [-0.25, -0.2) is 0 Å². The number of nitro benzene ring substituents is 1. The lowest BCUT2D eigenvalue weighted by molar-refractivity contribution is -0.384. The van der Waals surface area contributed by atoms with Gasteiger partial charge >= 0.3 is 0 Å². The zero-order valence-electron chi connectivity index (χ0n) is 16.5. The van der Waals surface area contributed by atoms with E-state index in [4.69, 9.17) is 18.9 Å². The van der Waals surface area contributed by atoms with E-state index < -0.39 is 79.5 Å². The molecule has 14 heteroatoms. The summed E-state index contributed by atoms with van der Waals surface area (Å²) in [5.74, 6) is 0.0804. The van der Waals surface area contributed by atoms with E-state index in [0.29, 0.717) is 0 Å². The molecule has 0 saturated carbocycles. The van der Waals surface area contributed by atoms with Crippen LogP contribution in [0.15, 0.2) is 24.3 Å². The molecule has 2 aliphatic heterocycles. The molecule has 14 nitrogen and oxygen atoms in total. The zero-order valence-corrected chi connectivity index (χ0v) is 16.5. The Balaban J connectivity index is 1.64. The Bertz CT molecular complexity index is 762. The van der Waals surface area contributed by atoms with Gasteiger partial charge in [-0.15, -0.1) is 0 Å². The van der Waals surface area contributed by atoms with Crippen molar-refractivity contribution in [3.8, 4) is 5.75 Å². The standard InChI is InChI=1S/C18H25NO13/c20-5-9-11(21)13(23)15(25)17(31-9)29-6-10-12(22)14(24)16(26)18(32-10)30-8-3-1-7(2-4-8)19(27)28/h1-4,9-18,20-26H,5-6H2/t9-,10-,11-,12-,13+,14+,15-,16-,17-,18?/m1/s1. The molecule has 2 heterocycles. The van der Waals surface area contributed by atoms with Crippen LogP contribution in [0, 0.1) is 10.1 Å². The average molecular weight is 463 g/mol. The lowest BCUT2D eigenvalue weighted by Gasteiger charge is -2.42. The van der Waals surface area contributed by atoms with Crippen molar-refractivity contribution < 1.29 is 59.6 Å². The van der Waals surface area contributed by atoms with Gasteiger partial charge in [0.2, 0.25) is 6.29 Å². The topological polar surface area (TPSA) is 222 Å². The second-order valence-corrected chi connectivity index (χ2v) is 7.41. The molecule has 2 saturated heterocycles. The largest absolute Gasteiger partial charge is 0.462 e. The van der Waals surface area contributed by atoms with Crippen LogP contribution in [0.25, 0.3) is 0 Å². The van der Waals surface area contributed by atoms with Gasteiger partial charge in [0.25, 0.3) is 5.69 Å². The predicted molar refractivity (Wildman–Crippen MR) is 100 cm³/mol. The van der Waals surface area contributed by atoms with Crippen LogP contribution in [0.2, 0.25) is 0 Å². The van der Waals surface area contributed by atoms with Gasteiger partial charge in [-0.2, -0.15) is 0 Å². The average Bonchev–Trinajstić information content (AvgIpc) is 2.78. The second kappa shape index (κ2) is 10.3. The molecule has 0 aromatic heterocycles. The van der Waals surface area contributed by atoms with Gasteiger partial charge in [-0.1, -0.05) is 0 Å². The number of nitro groups is 1. The zero-order chi connectivity index (χ0) is 23.6. The number of non-ortho nitro benzene ring substituents is 1. The molecule has 7 N–H and O–H groups in total. The summed E-state index contributed by atoms with van der Waals surface area (Å²) < 4.78 is 21.4. The summed E-state index contributed by atoms with van der Waals surface area (Å²) in [6.45, 7) is -1.17. The molecule has 0 spiro atoms. The molecule has 2 fully saturated rings. The summed E-state index contributed by atoms with van der Waals surface area (Å²) in [6.07, 6.45) is -15.4. The third-order valence-corrected chi connectivity index (χ3v) is 5.24. The number of aliphatic hydroxyl groups is 7. The van der Waals surface area contributed by atoms with Crippen LogP contribution in [-0.4, -0.2) is 115 Å². The van der Waals surface area contributed by atoms with Gasteiger partial charge in [-0.3, -0.25) is 10.1 Å². The van der Waals surface area contributed by atoms with Gasteiger partial charge in [0.15, 0.2) is 6.29 Å².